The van der Waals surface area contributed by atoms with Crippen LogP contribution in [0.2, 0.25) is 0 Å². The second-order valence-corrected chi connectivity index (χ2v) is 7.52. The average Bonchev–Trinajstić information content (AvgIpc) is 3.07. The molecule has 3 heterocycles. The monoisotopic (exact) mass is 395 g/mol. The number of nitrogen functional groups attached to an aromatic ring is 1. The van der Waals surface area contributed by atoms with Crippen LogP contribution in [0.1, 0.15) is 37.3 Å². The number of anilines is 2. The molecule has 2 aromatic heterocycles. The van der Waals surface area contributed by atoms with Crippen molar-refractivity contribution in [2.24, 2.45) is 0 Å². The third-order valence-electron chi connectivity index (χ3n) is 5.35. The molecule has 0 spiro atoms. The zero-order valence-corrected chi connectivity index (χ0v) is 17.2. The first-order valence-electron chi connectivity index (χ1n) is 10.3. The van der Waals surface area contributed by atoms with Crippen molar-refractivity contribution in [3.05, 3.63) is 35.5 Å². The van der Waals surface area contributed by atoms with Crippen molar-refractivity contribution in [2.75, 3.05) is 37.8 Å². The van der Waals surface area contributed by atoms with Crippen LogP contribution in [0.15, 0.2) is 24.4 Å². The number of rotatable bonds is 9. The van der Waals surface area contributed by atoms with Crippen molar-refractivity contribution in [2.45, 2.75) is 39.3 Å². The van der Waals surface area contributed by atoms with Gasteiger partial charge in [-0.3, -0.25) is 9.58 Å². The van der Waals surface area contributed by atoms with E-state index < -0.39 is 0 Å². The molecule has 4 rings (SSSR count). The van der Waals surface area contributed by atoms with E-state index in [1.165, 1.54) is 25.1 Å². The molecule has 8 heteroatoms. The van der Waals surface area contributed by atoms with Gasteiger partial charge in [-0.2, -0.15) is 10.1 Å². The van der Waals surface area contributed by atoms with E-state index in [1.54, 1.807) is 13.3 Å². The molecule has 0 saturated carbocycles. The lowest BCUT2D eigenvalue weighted by Gasteiger charge is -2.30. The normalized spacial score (nSPS) is 14.1. The zero-order chi connectivity index (χ0) is 20.2. The quantitative estimate of drug-likeness (QED) is 0.538. The third kappa shape index (κ3) is 4.27. The molecule has 1 aromatic carbocycles. The Labute approximate surface area is 171 Å². The maximum absolute atomic E-state index is 5.90. The van der Waals surface area contributed by atoms with Crippen LogP contribution < -0.4 is 15.8 Å². The molecule has 1 aliphatic rings. The number of nitrogens with zero attached hydrogens (tertiary/aromatic N) is 5. The van der Waals surface area contributed by atoms with Crippen LogP contribution in [0.4, 0.5) is 11.8 Å². The standard InChI is InChI=1S/C21H29N7O/c1-3-4-8-23-20-19-17(25-21(22)26-20)12-24-28(19)14-16-11-15(6-7-18(16)29-2)13-27-9-5-10-27/h6-7,11-12H,3-5,8-10,13-14H2,1-2H3,(H3,22,23,25,26). The summed E-state index contributed by atoms with van der Waals surface area (Å²) >= 11 is 0. The summed E-state index contributed by atoms with van der Waals surface area (Å²) in [6.07, 6.45) is 5.21. The van der Waals surface area contributed by atoms with Gasteiger partial charge in [-0.25, -0.2) is 4.98 Å². The lowest BCUT2D eigenvalue weighted by Crippen LogP contribution is -2.36. The molecule has 29 heavy (non-hydrogen) atoms. The maximum atomic E-state index is 5.90. The van der Waals surface area contributed by atoms with Gasteiger partial charge in [-0.1, -0.05) is 19.4 Å². The van der Waals surface area contributed by atoms with Crippen molar-refractivity contribution in [1.29, 1.82) is 0 Å². The molecule has 0 unspecified atom stereocenters. The van der Waals surface area contributed by atoms with Gasteiger partial charge in [0, 0.05) is 18.7 Å². The number of likely N-dealkylation sites (tertiary alicyclic amines) is 1. The molecule has 0 atom stereocenters. The van der Waals surface area contributed by atoms with Gasteiger partial charge in [0.25, 0.3) is 0 Å². The molecule has 1 aliphatic heterocycles. The highest BCUT2D eigenvalue weighted by molar-refractivity contribution is 5.86. The number of fused-ring (bicyclic) bond motifs is 1. The predicted octanol–water partition coefficient (Wildman–Crippen LogP) is 2.88. The number of ether oxygens (including phenoxy) is 1. The van der Waals surface area contributed by atoms with E-state index in [2.05, 4.69) is 44.3 Å². The van der Waals surface area contributed by atoms with Crippen LogP contribution in [0, 0.1) is 0 Å². The molecule has 3 aromatic rings. The van der Waals surface area contributed by atoms with Crippen molar-refractivity contribution in [1.82, 2.24) is 24.6 Å². The molecule has 0 aliphatic carbocycles. The Morgan fingerprint density at radius 3 is 2.79 bits per heavy atom. The topological polar surface area (TPSA) is 94.1 Å². The largest absolute Gasteiger partial charge is 0.496 e. The Bertz CT molecular complexity index is 981. The van der Waals surface area contributed by atoms with E-state index in [0.29, 0.717) is 6.54 Å². The van der Waals surface area contributed by atoms with Crippen LogP contribution in [0.5, 0.6) is 5.75 Å². The second-order valence-electron chi connectivity index (χ2n) is 7.52. The van der Waals surface area contributed by atoms with Crippen LogP contribution in [0.3, 0.4) is 0 Å². The SMILES string of the molecule is CCCCNc1nc(N)nc2cnn(Cc3cc(CN4CCC4)ccc3OC)c12. The molecule has 1 fully saturated rings. The third-order valence-corrected chi connectivity index (χ3v) is 5.35. The van der Waals surface area contributed by atoms with Gasteiger partial charge in [0.2, 0.25) is 5.95 Å². The molecule has 8 nitrogen and oxygen atoms in total. The molecule has 3 N–H and O–H groups in total. The highest BCUT2D eigenvalue weighted by Crippen LogP contribution is 2.26. The molecule has 0 radical (unpaired) electrons. The molecule has 0 amide bonds. The Morgan fingerprint density at radius 1 is 1.21 bits per heavy atom. The fourth-order valence-electron chi connectivity index (χ4n) is 3.66. The van der Waals surface area contributed by atoms with Crippen molar-refractivity contribution in [3.63, 3.8) is 0 Å². The van der Waals surface area contributed by atoms with Crippen LogP contribution in [-0.4, -0.2) is 51.4 Å². The minimum absolute atomic E-state index is 0.255. The minimum atomic E-state index is 0.255. The highest BCUT2D eigenvalue weighted by Gasteiger charge is 2.17. The molecule has 154 valence electrons. The van der Waals surface area contributed by atoms with Gasteiger partial charge in [0.1, 0.15) is 16.8 Å². The Morgan fingerprint density at radius 2 is 2.07 bits per heavy atom. The summed E-state index contributed by atoms with van der Waals surface area (Å²) in [6.45, 7) is 6.90. The first-order valence-corrected chi connectivity index (χ1v) is 10.3. The smallest absolute Gasteiger partial charge is 0.222 e. The molecular formula is C21H29N7O. The average molecular weight is 396 g/mol. The number of hydrogen-bond donors (Lipinski definition) is 2. The van der Waals surface area contributed by atoms with Gasteiger partial charge in [0.15, 0.2) is 5.82 Å². The van der Waals surface area contributed by atoms with E-state index in [4.69, 9.17) is 10.5 Å². The van der Waals surface area contributed by atoms with Gasteiger partial charge < -0.3 is 15.8 Å². The first kappa shape index (κ1) is 19.4. The fourth-order valence-corrected chi connectivity index (χ4v) is 3.66. The van der Waals surface area contributed by atoms with Gasteiger partial charge >= 0.3 is 0 Å². The Balaban J connectivity index is 1.65. The summed E-state index contributed by atoms with van der Waals surface area (Å²) in [5, 5.41) is 7.96. The summed E-state index contributed by atoms with van der Waals surface area (Å²) in [5.74, 6) is 1.84. The summed E-state index contributed by atoms with van der Waals surface area (Å²) in [6, 6.07) is 6.40. The van der Waals surface area contributed by atoms with E-state index in [0.717, 1.165) is 54.1 Å². The molecule has 1 saturated heterocycles. The second kappa shape index (κ2) is 8.65. The van der Waals surface area contributed by atoms with Gasteiger partial charge in [-0.05, 0) is 43.6 Å². The van der Waals surface area contributed by atoms with Crippen LogP contribution in [0.25, 0.3) is 11.0 Å². The van der Waals surface area contributed by atoms with Crippen molar-refractivity contribution >= 4 is 22.8 Å². The van der Waals surface area contributed by atoms with Crippen molar-refractivity contribution in [3.8, 4) is 5.75 Å². The van der Waals surface area contributed by atoms with E-state index >= 15 is 0 Å². The molecule has 0 bridgehead atoms. The van der Waals surface area contributed by atoms with E-state index in [9.17, 15) is 0 Å². The first-order chi connectivity index (χ1) is 14.2. The summed E-state index contributed by atoms with van der Waals surface area (Å²) in [4.78, 5) is 11.2. The van der Waals surface area contributed by atoms with Crippen molar-refractivity contribution < 1.29 is 4.74 Å². The number of hydrogen-bond acceptors (Lipinski definition) is 7. The number of unbranched alkanes of at least 4 members (excludes halogenated alkanes) is 1. The summed E-state index contributed by atoms with van der Waals surface area (Å²) in [5.41, 5.74) is 9.89. The van der Waals surface area contributed by atoms with E-state index in [-0.39, 0.29) is 5.95 Å². The number of aromatic nitrogens is 4. The number of nitrogens with one attached hydrogen (secondary N) is 1. The number of benzene rings is 1. The Hall–Kier alpha value is -2.87. The van der Waals surface area contributed by atoms with Crippen LogP contribution >= 0.6 is 0 Å². The fraction of sp³-hybridized carbons (Fsp3) is 0.476. The number of methoxy groups -OCH3 is 1. The highest BCUT2D eigenvalue weighted by atomic mass is 16.5. The maximum Gasteiger partial charge on any atom is 0.222 e. The van der Waals surface area contributed by atoms with Gasteiger partial charge in [0.05, 0.1) is 19.9 Å². The summed E-state index contributed by atoms with van der Waals surface area (Å²) < 4.78 is 7.54. The van der Waals surface area contributed by atoms with Crippen LogP contribution in [-0.2, 0) is 13.1 Å². The predicted molar refractivity (Wildman–Crippen MR) is 115 cm³/mol. The minimum Gasteiger partial charge on any atom is -0.496 e. The lowest BCUT2D eigenvalue weighted by atomic mass is 10.1. The number of nitrogens with two attached hydrogens (primary N) is 1. The van der Waals surface area contributed by atoms with E-state index in [1.807, 2.05) is 10.7 Å². The van der Waals surface area contributed by atoms with Gasteiger partial charge in [-0.15, -0.1) is 0 Å². The molecular weight excluding hydrogens is 366 g/mol. The lowest BCUT2D eigenvalue weighted by molar-refractivity contribution is 0.172. The summed E-state index contributed by atoms with van der Waals surface area (Å²) in [7, 11) is 1.71. The Kier molecular flexibility index (Phi) is 5.80. The zero-order valence-electron chi connectivity index (χ0n) is 17.2.